The van der Waals surface area contributed by atoms with Gasteiger partial charge in [-0.25, -0.2) is 0 Å². The van der Waals surface area contributed by atoms with E-state index >= 15 is 0 Å². The van der Waals surface area contributed by atoms with Gasteiger partial charge >= 0.3 is 5.97 Å². The van der Waals surface area contributed by atoms with Crippen LogP contribution in [-0.4, -0.2) is 60.2 Å². The topological polar surface area (TPSA) is 138 Å². The Morgan fingerprint density at radius 3 is 2.35 bits per heavy atom. The van der Waals surface area contributed by atoms with Crippen molar-refractivity contribution in [3.63, 3.8) is 0 Å². The van der Waals surface area contributed by atoms with Crippen molar-refractivity contribution in [3.8, 4) is 0 Å². The molecular formula is C8H16N2O6S. The molecule has 0 bridgehead atoms. The maximum Gasteiger partial charge on any atom is 0.320 e. The molecule has 0 spiro atoms. The van der Waals surface area contributed by atoms with Crippen molar-refractivity contribution >= 4 is 22.0 Å². The number of carboxylic acid groups (broad SMARTS) is 1. The molecule has 1 atom stereocenters. The largest absolute Gasteiger partial charge is 0.480 e. The van der Waals surface area contributed by atoms with Crippen LogP contribution in [-0.2, 0) is 19.7 Å². The van der Waals surface area contributed by atoms with Crippen LogP contribution in [0.15, 0.2) is 0 Å². The van der Waals surface area contributed by atoms with Gasteiger partial charge in [-0.15, -0.1) is 0 Å². The first-order valence-electron chi connectivity index (χ1n) is 4.81. The summed E-state index contributed by atoms with van der Waals surface area (Å²) < 4.78 is 29.3. The molecule has 0 saturated carbocycles. The molecule has 0 aliphatic heterocycles. The normalized spacial score (nSPS) is 13.1. The van der Waals surface area contributed by atoms with E-state index in [2.05, 4.69) is 0 Å². The van der Waals surface area contributed by atoms with Gasteiger partial charge in [-0.2, -0.15) is 8.42 Å². The first-order valence-corrected chi connectivity index (χ1v) is 6.42. The van der Waals surface area contributed by atoms with Gasteiger partial charge in [-0.1, -0.05) is 0 Å². The van der Waals surface area contributed by atoms with Crippen molar-refractivity contribution in [3.05, 3.63) is 0 Å². The highest BCUT2D eigenvalue weighted by molar-refractivity contribution is 7.85. The maximum atomic E-state index is 11.4. The number of aliphatic carboxylic acids is 1. The third-order valence-corrected chi connectivity index (χ3v) is 2.80. The van der Waals surface area contributed by atoms with Crippen LogP contribution in [0.2, 0.25) is 0 Å². The van der Waals surface area contributed by atoms with Crippen LogP contribution in [0.25, 0.3) is 0 Å². The van der Waals surface area contributed by atoms with E-state index in [1.54, 1.807) is 0 Å². The second-order valence-electron chi connectivity index (χ2n) is 3.58. The highest BCUT2D eigenvalue weighted by Gasteiger charge is 2.16. The average molecular weight is 268 g/mol. The second kappa shape index (κ2) is 6.52. The van der Waals surface area contributed by atoms with Crippen LogP contribution in [0, 0.1) is 0 Å². The number of carboxylic acids is 1. The van der Waals surface area contributed by atoms with E-state index in [-0.39, 0.29) is 19.4 Å². The number of hydrogen-bond donors (Lipinski definition) is 3. The summed E-state index contributed by atoms with van der Waals surface area (Å²) >= 11 is 0. The van der Waals surface area contributed by atoms with Crippen molar-refractivity contribution in [1.82, 2.24) is 4.90 Å². The third kappa shape index (κ3) is 7.66. The van der Waals surface area contributed by atoms with Gasteiger partial charge in [-0.3, -0.25) is 14.1 Å². The molecule has 0 radical (unpaired) electrons. The maximum absolute atomic E-state index is 11.4. The van der Waals surface area contributed by atoms with Crippen LogP contribution in [0.4, 0.5) is 0 Å². The molecule has 0 aromatic carbocycles. The summed E-state index contributed by atoms with van der Waals surface area (Å²) in [5.41, 5.74) is 5.20. The van der Waals surface area contributed by atoms with E-state index < -0.39 is 33.8 Å². The molecule has 0 heterocycles. The Labute approximate surface area is 99.1 Å². The Morgan fingerprint density at radius 1 is 1.41 bits per heavy atom. The second-order valence-corrected chi connectivity index (χ2v) is 5.16. The summed E-state index contributed by atoms with van der Waals surface area (Å²) in [5, 5.41) is 8.48. The molecule has 1 amide bonds. The fourth-order valence-electron chi connectivity index (χ4n) is 0.970. The number of carbonyl (C=O) groups excluding carboxylic acids is 1. The first-order chi connectivity index (χ1) is 7.63. The number of nitrogens with two attached hydrogens (primary N) is 1. The number of nitrogens with zero attached hydrogens (tertiary/aromatic N) is 1. The Morgan fingerprint density at radius 2 is 1.94 bits per heavy atom. The minimum absolute atomic E-state index is 0.0234. The quantitative estimate of drug-likeness (QED) is 0.479. The number of hydrogen-bond acceptors (Lipinski definition) is 5. The molecule has 0 aromatic heterocycles. The van der Waals surface area contributed by atoms with Gasteiger partial charge in [-0.05, 0) is 6.42 Å². The zero-order chi connectivity index (χ0) is 13.6. The lowest BCUT2D eigenvalue weighted by molar-refractivity contribution is -0.139. The zero-order valence-electron chi connectivity index (χ0n) is 9.37. The highest BCUT2D eigenvalue weighted by Crippen LogP contribution is 1.99. The Kier molecular flexibility index (Phi) is 6.07. The van der Waals surface area contributed by atoms with E-state index in [1.165, 1.54) is 7.05 Å². The standard InChI is InChI=1S/C8H16N2O6S/c1-10(4-5-17(14,15)16)7(11)3-2-6(9)8(12)13/h6H,2-5,9H2,1H3,(H,12,13)(H,14,15,16)/t6-/m0/s1. The minimum Gasteiger partial charge on any atom is -0.480 e. The van der Waals surface area contributed by atoms with Crippen molar-refractivity contribution in [2.24, 2.45) is 5.73 Å². The molecule has 8 nitrogen and oxygen atoms in total. The predicted molar refractivity (Wildman–Crippen MR) is 58.9 cm³/mol. The summed E-state index contributed by atoms with van der Waals surface area (Å²) in [6, 6.07) is -1.12. The van der Waals surface area contributed by atoms with Gasteiger partial charge in [0.1, 0.15) is 6.04 Å². The van der Waals surface area contributed by atoms with Gasteiger partial charge in [0.2, 0.25) is 5.91 Å². The van der Waals surface area contributed by atoms with Crippen molar-refractivity contribution < 1.29 is 27.7 Å². The fourth-order valence-corrected chi connectivity index (χ4v) is 1.47. The lowest BCUT2D eigenvalue weighted by Crippen LogP contribution is -2.35. The van der Waals surface area contributed by atoms with Crippen LogP contribution in [0.1, 0.15) is 12.8 Å². The first kappa shape index (κ1) is 15.8. The van der Waals surface area contributed by atoms with Gasteiger partial charge in [0.15, 0.2) is 0 Å². The molecule has 17 heavy (non-hydrogen) atoms. The predicted octanol–water partition coefficient (Wildman–Crippen LogP) is -1.48. The van der Waals surface area contributed by atoms with Crippen LogP contribution in [0.5, 0.6) is 0 Å². The lowest BCUT2D eigenvalue weighted by atomic mass is 10.1. The molecule has 9 heteroatoms. The molecule has 0 aromatic rings. The van der Waals surface area contributed by atoms with E-state index in [0.717, 1.165) is 4.90 Å². The van der Waals surface area contributed by atoms with E-state index in [1.807, 2.05) is 0 Å². The zero-order valence-corrected chi connectivity index (χ0v) is 10.2. The fraction of sp³-hybridized carbons (Fsp3) is 0.750. The monoisotopic (exact) mass is 268 g/mol. The average Bonchev–Trinajstić information content (AvgIpc) is 2.20. The van der Waals surface area contributed by atoms with Crippen molar-refractivity contribution in [1.29, 1.82) is 0 Å². The van der Waals surface area contributed by atoms with Crippen LogP contribution in [0.3, 0.4) is 0 Å². The van der Waals surface area contributed by atoms with Gasteiger partial charge in [0.25, 0.3) is 10.1 Å². The summed E-state index contributed by atoms with van der Waals surface area (Å²) in [5.74, 6) is -2.18. The molecular weight excluding hydrogens is 252 g/mol. The van der Waals surface area contributed by atoms with Gasteiger partial charge in [0, 0.05) is 20.0 Å². The third-order valence-electron chi connectivity index (χ3n) is 2.10. The van der Waals surface area contributed by atoms with Crippen LogP contribution >= 0.6 is 0 Å². The van der Waals surface area contributed by atoms with E-state index in [4.69, 9.17) is 15.4 Å². The van der Waals surface area contributed by atoms with Crippen molar-refractivity contribution in [2.45, 2.75) is 18.9 Å². The molecule has 0 rings (SSSR count). The minimum atomic E-state index is -4.11. The molecule has 0 aliphatic carbocycles. The molecule has 4 N–H and O–H groups in total. The molecule has 0 unspecified atom stereocenters. The summed E-state index contributed by atoms with van der Waals surface area (Å²) in [7, 11) is -2.75. The number of amides is 1. The Hall–Kier alpha value is -1.19. The van der Waals surface area contributed by atoms with Gasteiger partial charge < -0.3 is 15.7 Å². The van der Waals surface area contributed by atoms with Crippen molar-refractivity contribution in [2.75, 3.05) is 19.3 Å². The number of rotatable bonds is 7. The molecule has 100 valence electrons. The molecule has 0 saturated heterocycles. The molecule has 0 aliphatic rings. The molecule has 0 fully saturated rings. The Bertz CT molecular complexity index is 379. The van der Waals surface area contributed by atoms with E-state index in [9.17, 15) is 18.0 Å². The smallest absolute Gasteiger partial charge is 0.320 e. The number of carbonyl (C=O) groups is 2. The summed E-state index contributed by atoms with van der Waals surface area (Å²) in [4.78, 5) is 22.9. The van der Waals surface area contributed by atoms with E-state index in [0.29, 0.717) is 0 Å². The summed E-state index contributed by atoms with van der Waals surface area (Å²) in [6.07, 6.45) is -0.111. The van der Waals surface area contributed by atoms with Gasteiger partial charge in [0.05, 0.1) is 5.75 Å². The Balaban J connectivity index is 4.03. The lowest BCUT2D eigenvalue weighted by Gasteiger charge is -2.16. The highest BCUT2D eigenvalue weighted by atomic mass is 32.2. The SMILES string of the molecule is CN(CCS(=O)(=O)O)C(=O)CC[C@H](N)C(=O)O. The van der Waals surface area contributed by atoms with Crippen LogP contribution < -0.4 is 5.73 Å². The summed E-state index contributed by atoms with van der Waals surface area (Å²) in [6.45, 7) is -0.153.